The van der Waals surface area contributed by atoms with Crippen molar-refractivity contribution in [3.8, 4) is 0 Å². The maximum absolute atomic E-state index is 12.7. The van der Waals surface area contributed by atoms with Crippen molar-refractivity contribution >= 4 is 23.2 Å². The number of alkyl halides is 3. The Morgan fingerprint density at radius 2 is 1.88 bits per heavy atom. The number of nitrogens with one attached hydrogen (secondary N) is 1. The molecule has 0 aliphatic rings. The highest BCUT2D eigenvalue weighted by Crippen LogP contribution is 2.33. The van der Waals surface area contributed by atoms with E-state index in [-0.39, 0.29) is 23.9 Å². The number of carbonyl (C=O) groups is 1. The second-order valence-electron chi connectivity index (χ2n) is 5.66. The van der Waals surface area contributed by atoms with Gasteiger partial charge in [0.1, 0.15) is 6.61 Å². The summed E-state index contributed by atoms with van der Waals surface area (Å²) in [5.41, 5.74) is 2.12. The lowest BCUT2D eigenvalue weighted by Crippen LogP contribution is -2.19. The molecule has 0 radical (unpaired) electrons. The zero-order valence-corrected chi connectivity index (χ0v) is 14.5. The summed E-state index contributed by atoms with van der Waals surface area (Å²) in [7, 11) is 0. The van der Waals surface area contributed by atoms with Crippen LogP contribution in [0.2, 0.25) is 5.02 Å². The van der Waals surface area contributed by atoms with Gasteiger partial charge in [0.05, 0.1) is 22.9 Å². The molecule has 0 heterocycles. The molecule has 1 N–H and O–H groups in total. The molecule has 134 valence electrons. The van der Waals surface area contributed by atoms with E-state index in [0.717, 1.165) is 34.9 Å². The van der Waals surface area contributed by atoms with E-state index in [1.165, 1.54) is 0 Å². The highest BCUT2D eigenvalue weighted by atomic mass is 35.5. The number of hydrogen-bond acceptors (Lipinski definition) is 2. The predicted octanol–water partition coefficient (Wildman–Crippen LogP) is 5.13. The highest BCUT2D eigenvalue weighted by molar-refractivity contribution is 6.33. The minimum atomic E-state index is -4.51. The molecule has 0 saturated carbocycles. The second kappa shape index (κ2) is 7.89. The molecule has 0 aromatic heterocycles. The van der Waals surface area contributed by atoms with Crippen molar-refractivity contribution in [3.63, 3.8) is 0 Å². The van der Waals surface area contributed by atoms with Gasteiger partial charge in [-0.25, -0.2) is 0 Å². The molecule has 1 amide bonds. The molecule has 0 unspecified atom stereocenters. The second-order valence-corrected chi connectivity index (χ2v) is 6.07. The van der Waals surface area contributed by atoms with Crippen LogP contribution in [0.15, 0.2) is 36.4 Å². The van der Waals surface area contributed by atoms with E-state index in [4.69, 9.17) is 16.3 Å². The maximum atomic E-state index is 12.7. The van der Waals surface area contributed by atoms with E-state index in [1.54, 1.807) is 0 Å². The van der Waals surface area contributed by atoms with E-state index in [2.05, 4.69) is 5.32 Å². The van der Waals surface area contributed by atoms with Crippen molar-refractivity contribution in [2.24, 2.45) is 0 Å². The van der Waals surface area contributed by atoms with Gasteiger partial charge in [0, 0.05) is 0 Å². The van der Waals surface area contributed by atoms with Gasteiger partial charge in [-0.05, 0) is 43.2 Å². The number of ether oxygens (including phenoxy) is 1. The molecule has 0 spiro atoms. The quantitative estimate of drug-likeness (QED) is 0.791. The van der Waals surface area contributed by atoms with Crippen LogP contribution in [0.4, 0.5) is 18.9 Å². The Morgan fingerprint density at radius 1 is 1.16 bits per heavy atom. The Kier molecular flexibility index (Phi) is 6.08. The van der Waals surface area contributed by atoms with Crippen molar-refractivity contribution in [2.75, 3.05) is 11.9 Å². The predicted molar refractivity (Wildman–Crippen MR) is 90.7 cm³/mol. The molecule has 0 saturated heterocycles. The maximum Gasteiger partial charge on any atom is 0.416 e. The van der Waals surface area contributed by atoms with Crippen LogP contribution in [0.25, 0.3) is 0 Å². The van der Waals surface area contributed by atoms with Gasteiger partial charge < -0.3 is 10.1 Å². The van der Waals surface area contributed by atoms with Crippen molar-refractivity contribution in [1.29, 1.82) is 0 Å². The largest absolute Gasteiger partial charge is 0.416 e. The van der Waals surface area contributed by atoms with Gasteiger partial charge in [0.2, 0.25) is 5.91 Å². The van der Waals surface area contributed by atoms with Crippen LogP contribution in [-0.4, -0.2) is 12.5 Å². The lowest BCUT2D eigenvalue weighted by atomic mass is 10.1. The number of aryl methyl sites for hydroxylation is 2. The Balaban J connectivity index is 1.94. The Hall–Kier alpha value is -2.05. The fourth-order valence-electron chi connectivity index (χ4n) is 2.25. The van der Waals surface area contributed by atoms with Crippen LogP contribution in [0.3, 0.4) is 0 Å². The summed E-state index contributed by atoms with van der Waals surface area (Å²) >= 11 is 5.83. The molecule has 0 aliphatic heterocycles. The van der Waals surface area contributed by atoms with Gasteiger partial charge in [0.25, 0.3) is 0 Å². The summed E-state index contributed by atoms with van der Waals surface area (Å²) < 4.78 is 43.5. The number of anilines is 1. The third kappa shape index (κ3) is 5.47. The van der Waals surface area contributed by atoms with Crippen LogP contribution in [0.5, 0.6) is 0 Å². The molecule has 3 nitrogen and oxygen atoms in total. The fourth-order valence-corrected chi connectivity index (χ4v) is 2.41. The number of rotatable bonds is 5. The molecule has 0 atom stereocenters. The molecule has 2 rings (SSSR count). The number of halogens is 4. The topological polar surface area (TPSA) is 38.3 Å². The lowest BCUT2D eigenvalue weighted by Gasteiger charge is -2.12. The van der Waals surface area contributed by atoms with Gasteiger partial charge in [0.15, 0.2) is 0 Å². The summed E-state index contributed by atoms with van der Waals surface area (Å²) in [5.74, 6) is -0.578. The van der Waals surface area contributed by atoms with E-state index in [0.29, 0.717) is 0 Å². The first kappa shape index (κ1) is 19.3. The standard InChI is InChI=1S/C18H17ClF3NO2/c1-11-3-4-13(12(2)7-11)9-25-10-17(24)23-16-8-14(18(20,21)22)5-6-15(16)19/h3-8H,9-10H2,1-2H3,(H,23,24). The third-order valence-electron chi connectivity index (χ3n) is 3.56. The Labute approximate surface area is 148 Å². The SMILES string of the molecule is Cc1ccc(COCC(=O)Nc2cc(C(F)(F)F)ccc2Cl)c(C)c1. The lowest BCUT2D eigenvalue weighted by molar-refractivity contribution is -0.137. The molecule has 7 heteroatoms. The fraction of sp³-hybridized carbons (Fsp3) is 0.278. The minimum absolute atomic E-state index is 0.0238. The van der Waals surface area contributed by atoms with Crippen LogP contribution in [-0.2, 0) is 22.3 Å². The summed E-state index contributed by atoms with van der Waals surface area (Å²) in [4.78, 5) is 11.9. The first-order valence-corrected chi connectivity index (χ1v) is 7.85. The van der Waals surface area contributed by atoms with Crippen LogP contribution in [0.1, 0.15) is 22.3 Å². The molecular formula is C18H17ClF3NO2. The molecule has 0 aliphatic carbocycles. The number of amides is 1. The van der Waals surface area contributed by atoms with Gasteiger partial charge in [-0.1, -0.05) is 35.4 Å². The average Bonchev–Trinajstić information content (AvgIpc) is 2.50. The molecule has 25 heavy (non-hydrogen) atoms. The molecule has 0 fully saturated rings. The van der Waals surface area contributed by atoms with E-state index in [9.17, 15) is 18.0 Å². The molecule has 2 aromatic rings. The van der Waals surface area contributed by atoms with Gasteiger partial charge in [-0.2, -0.15) is 13.2 Å². The highest BCUT2D eigenvalue weighted by Gasteiger charge is 2.31. The van der Waals surface area contributed by atoms with E-state index < -0.39 is 17.6 Å². The first-order chi connectivity index (χ1) is 11.7. The zero-order chi connectivity index (χ0) is 18.6. The monoisotopic (exact) mass is 371 g/mol. The van der Waals surface area contributed by atoms with E-state index >= 15 is 0 Å². The van der Waals surface area contributed by atoms with Crippen LogP contribution in [0, 0.1) is 13.8 Å². The Bertz CT molecular complexity index is 775. The molecule has 0 bridgehead atoms. The number of benzene rings is 2. The smallest absolute Gasteiger partial charge is 0.367 e. The summed E-state index contributed by atoms with van der Waals surface area (Å²) in [5, 5.41) is 2.36. The van der Waals surface area contributed by atoms with Crippen LogP contribution < -0.4 is 5.32 Å². The normalized spacial score (nSPS) is 11.4. The van der Waals surface area contributed by atoms with Crippen molar-refractivity contribution in [3.05, 3.63) is 63.7 Å². The summed E-state index contributed by atoms with van der Waals surface area (Å²) in [6, 6.07) is 8.59. The third-order valence-corrected chi connectivity index (χ3v) is 3.89. The first-order valence-electron chi connectivity index (χ1n) is 7.47. The molecular weight excluding hydrogens is 355 g/mol. The van der Waals surface area contributed by atoms with E-state index in [1.807, 2.05) is 32.0 Å². The van der Waals surface area contributed by atoms with Crippen LogP contribution >= 0.6 is 11.6 Å². The zero-order valence-electron chi connectivity index (χ0n) is 13.7. The molecule has 2 aromatic carbocycles. The van der Waals surface area contributed by atoms with Crippen molar-refractivity contribution in [2.45, 2.75) is 26.6 Å². The van der Waals surface area contributed by atoms with Crippen molar-refractivity contribution < 1.29 is 22.7 Å². The van der Waals surface area contributed by atoms with Gasteiger partial charge in [-0.3, -0.25) is 4.79 Å². The van der Waals surface area contributed by atoms with Gasteiger partial charge >= 0.3 is 6.18 Å². The summed E-state index contributed by atoms with van der Waals surface area (Å²) in [6.07, 6.45) is -4.51. The average molecular weight is 372 g/mol. The number of hydrogen-bond donors (Lipinski definition) is 1. The summed E-state index contributed by atoms with van der Waals surface area (Å²) in [6.45, 7) is 3.85. The van der Waals surface area contributed by atoms with Crippen molar-refractivity contribution in [1.82, 2.24) is 0 Å². The Morgan fingerprint density at radius 3 is 2.52 bits per heavy atom. The minimum Gasteiger partial charge on any atom is -0.367 e. The van der Waals surface area contributed by atoms with Gasteiger partial charge in [-0.15, -0.1) is 0 Å². The number of carbonyl (C=O) groups excluding carboxylic acids is 1.